The molecule has 1 amide bonds. The van der Waals surface area contributed by atoms with Crippen LogP contribution in [-0.4, -0.2) is 28.3 Å². The molecule has 2 aromatic carbocycles. The first-order chi connectivity index (χ1) is 16.6. The van der Waals surface area contributed by atoms with Crippen molar-refractivity contribution in [2.75, 3.05) is 11.9 Å². The van der Waals surface area contributed by atoms with Crippen LogP contribution in [0.25, 0.3) is 16.5 Å². The van der Waals surface area contributed by atoms with E-state index < -0.39 is 11.5 Å². The number of amides is 1. The van der Waals surface area contributed by atoms with E-state index >= 15 is 0 Å². The summed E-state index contributed by atoms with van der Waals surface area (Å²) in [6.45, 7) is 10.1. The van der Waals surface area contributed by atoms with Crippen LogP contribution in [-0.2, 0) is 10.2 Å². The number of anilines is 1. The van der Waals surface area contributed by atoms with E-state index in [-0.39, 0.29) is 29.0 Å². The number of aryl methyl sites for hydroxylation is 1. The SMILES string of the molecule is CCOC(=O)c1nn(-c2ccc(C)cc2)c(=O)c2c(NC(=O)c3ccc(C(C)(C)C)cc3)scc12. The summed E-state index contributed by atoms with van der Waals surface area (Å²) in [5.41, 5.74) is 2.67. The predicted octanol–water partition coefficient (Wildman–Crippen LogP) is 5.48. The van der Waals surface area contributed by atoms with E-state index in [2.05, 4.69) is 31.2 Å². The Morgan fingerprint density at radius 3 is 2.31 bits per heavy atom. The van der Waals surface area contributed by atoms with Gasteiger partial charge in [-0.3, -0.25) is 9.59 Å². The number of hydrogen-bond acceptors (Lipinski definition) is 6. The highest BCUT2D eigenvalue weighted by Gasteiger charge is 2.23. The van der Waals surface area contributed by atoms with Gasteiger partial charge in [0.1, 0.15) is 5.00 Å². The second kappa shape index (κ2) is 9.46. The molecule has 2 aromatic heterocycles. The number of esters is 1. The third-order valence-electron chi connectivity index (χ3n) is 5.64. The first kappa shape index (κ1) is 24.3. The van der Waals surface area contributed by atoms with Crippen molar-refractivity contribution in [1.82, 2.24) is 9.78 Å². The average molecular weight is 490 g/mol. The largest absolute Gasteiger partial charge is 0.461 e. The third-order valence-corrected chi connectivity index (χ3v) is 6.54. The molecule has 8 heteroatoms. The van der Waals surface area contributed by atoms with Gasteiger partial charge in [0.2, 0.25) is 0 Å². The van der Waals surface area contributed by atoms with Crippen LogP contribution in [0.4, 0.5) is 5.00 Å². The van der Waals surface area contributed by atoms with Crippen LogP contribution in [0.15, 0.2) is 58.7 Å². The number of thiophene rings is 1. The molecular weight excluding hydrogens is 462 g/mol. The molecule has 0 unspecified atom stereocenters. The minimum absolute atomic E-state index is 0.0216. The molecule has 35 heavy (non-hydrogen) atoms. The highest BCUT2D eigenvalue weighted by atomic mass is 32.1. The Labute approximate surface area is 207 Å². The molecule has 0 saturated carbocycles. The monoisotopic (exact) mass is 489 g/mol. The first-order valence-corrected chi connectivity index (χ1v) is 12.2. The van der Waals surface area contributed by atoms with Gasteiger partial charge < -0.3 is 10.1 Å². The van der Waals surface area contributed by atoms with E-state index in [1.54, 1.807) is 36.6 Å². The van der Waals surface area contributed by atoms with Gasteiger partial charge in [0.05, 0.1) is 17.7 Å². The number of benzene rings is 2. The molecule has 0 spiro atoms. The maximum Gasteiger partial charge on any atom is 0.359 e. The summed E-state index contributed by atoms with van der Waals surface area (Å²) in [6, 6.07) is 14.6. The molecule has 0 fully saturated rings. The van der Waals surface area contributed by atoms with Gasteiger partial charge in [-0.05, 0) is 49.1 Å². The zero-order chi connectivity index (χ0) is 25.3. The standard InChI is InChI=1S/C27H27N3O4S/c1-6-34-26(33)22-20-15-35-24(28-23(31)17-9-11-18(12-10-17)27(3,4)5)21(20)25(32)30(29-22)19-13-7-16(2)8-14-19/h7-15H,6H2,1-5H3,(H,28,31). The van der Waals surface area contributed by atoms with Crippen molar-refractivity contribution in [3.8, 4) is 5.69 Å². The fourth-order valence-electron chi connectivity index (χ4n) is 3.65. The predicted molar refractivity (Wildman–Crippen MR) is 139 cm³/mol. The Morgan fingerprint density at radius 1 is 1.06 bits per heavy atom. The average Bonchev–Trinajstić information content (AvgIpc) is 3.24. The van der Waals surface area contributed by atoms with Crippen LogP contribution >= 0.6 is 11.3 Å². The second-order valence-electron chi connectivity index (χ2n) is 9.26. The number of hydrogen-bond donors (Lipinski definition) is 1. The van der Waals surface area contributed by atoms with Crippen molar-refractivity contribution in [2.45, 2.75) is 40.0 Å². The fourth-order valence-corrected chi connectivity index (χ4v) is 4.58. The van der Waals surface area contributed by atoms with E-state index in [0.29, 0.717) is 21.6 Å². The maximum atomic E-state index is 13.5. The number of nitrogens with one attached hydrogen (secondary N) is 1. The van der Waals surface area contributed by atoms with Gasteiger partial charge in [-0.15, -0.1) is 11.3 Å². The lowest BCUT2D eigenvalue weighted by atomic mass is 9.87. The lowest BCUT2D eigenvalue weighted by molar-refractivity contribution is 0.0520. The van der Waals surface area contributed by atoms with Crippen molar-refractivity contribution in [2.24, 2.45) is 0 Å². The molecular formula is C27H27N3O4S. The summed E-state index contributed by atoms with van der Waals surface area (Å²) in [5, 5.41) is 9.74. The van der Waals surface area contributed by atoms with E-state index in [9.17, 15) is 14.4 Å². The number of fused-ring (bicyclic) bond motifs is 1. The molecule has 1 N–H and O–H groups in total. The van der Waals surface area contributed by atoms with Gasteiger partial charge in [0.25, 0.3) is 11.5 Å². The summed E-state index contributed by atoms with van der Waals surface area (Å²) < 4.78 is 6.36. The van der Waals surface area contributed by atoms with Gasteiger partial charge in [0, 0.05) is 16.3 Å². The van der Waals surface area contributed by atoms with Crippen molar-refractivity contribution in [3.05, 3.63) is 86.6 Å². The maximum absolute atomic E-state index is 13.5. The van der Waals surface area contributed by atoms with Gasteiger partial charge in [-0.2, -0.15) is 9.78 Å². The normalized spacial score (nSPS) is 11.5. The van der Waals surface area contributed by atoms with Gasteiger partial charge in [-0.25, -0.2) is 4.79 Å². The number of carbonyl (C=O) groups excluding carboxylic acids is 2. The molecule has 0 aliphatic carbocycles. The Hall–Kier alpha value is -3.78. The third kappa shape index (κ3) is 4.88. The Morgan fingerprint density at radius 2 is 1.71 bits per heavy atom. The molecule has 7 nitrogen and oxygen atoms in total. The zero-order valence-electron chi connectivity index (χ0n) is 20.3. The fraction of sp³-hybridized carbons (Fsp3) is 0.259. The van der Waals surface area contributed by atoms with Crippen molar-refractivity contribution in [1.29, 1.82) is 0 Å². The smallest absolute Gasteiger partial charge is 0.359 e. The Bertz CT molecular complexity index is 1460. The van der Waals surface area contributed by atoms with Crippen molar-refractivity contribution >= 4 is 39.0 Å². The van der Waals surface area contributed by atoms with Gasteiger partial charge in [-0.1, -0.05) is 50.6 Å². The second-order valence-corrected chi connectivity index (χ2v) is 10.1. The number of nitrogens with zero attached hydrogens (tertiary/aromatic N) is 2. The molecule has 180 valence electrons. The summed E-state index contributed by atoms with van der Waals surface area (Å²) in [4.78, 5) is 39.2. The minimum atomic E-state index is -0.633. The van der Waals surface area contributed by atoms with E-state index in [0.717, 1.165) is 11.1 Å². The van der Waals surface area contributed by atoms with Crippen LogP contribution in [0.1, 0.15) is 59.7 Å². The summed E-state index contributed by atoms with van der Waals surface area (Å²) in [7, 11) is 0. The molecule has 4 aromatic rings. The van der Waals surface area contributed by atoms with Crippen molar-refractivity contribution in [3.63, 3.8) is 0 Å². The number of ether oxygens (including phenoxy) is 1. The molecule has 0 radical (unpaired) electrons. The summed E-state index contributed by atoms with van der Waals surface area (Å²) in [5.74, 6) is -0.975. The first-order valence-electron chi connectivity index (χ1n) is 11.3. The van der Waals surface area contributed by atoms with Crippen LogP contribution in [0.5, 0.6) is 0 Å². The van der Waals surface area contributed by atoms with Gasteiger partial charge >= 0.3 is 5.97 Å². The summed E-state index contributed by atoms with van der Waals surface area (Å²) >= 11 is 1.17. The molecule has 0 aliphatic heterocycles. The van der Waals surface area contributed by atoms with Crippen LogP contribution in [0, 0.1) is 6.92 Å². The molecule has 4 rings (SSSR count). The number of carbonyl (C=O) groups is 2. The summed E-state index contributed by atoms with van der Waals surface area (Å²) in [6.07, 6.45) is 0. The van der Waals surface area contributed by atoms with Gasteiger partial charge in [0.15, 0.2) is 5.69 Å². The quantitative estimate of drug-likeness (QED) is 0.375. The zero-order valence-corrected chi connectivity index (χ0v) is 21.2. The molecule has 0 atom stereocenters. The minimum Gasteiger partial charge on any atom is -0.461 e. The van der Waals surface area contributed by atoms with Crippen LogP contribution in [0.2, 0.25) is 0 Å². The highest BCUT2D eigenvalue weighted by molar-refractivity contribution is 7.16. The lowest BCUT2D eigenvalue weighted by Gasteiger charge is -2.19. The number of aromatic nitrogens is 2. The number of rotatable bonds is 5. The van der Waals surface area contributed by atoms with E-state index in [1.165, 1.54) is 16.0 Å². The molecule has 0 saturated heterocycles. The molecule has 2 heterocycles. The van der Waals surface area contributed by atoms with E-state index in [4.69, 9.17) is 4.74 Å². The van der Waals surface area contributed by atoms with Crippen molar-refractivity contribution < 1.29 is 14.3 Å². The highest BCUT2D eigenvalue weighted by Crippen LogP contribution is 2.31. The van der Waals surface area contributed by atoms with Crippen LogP contribution in [0.3, 0.4) is 0 Å². The Balaban J connectivity index is 1.80. The topological polar surface area (TPSA) is 90.3 Å². The van der Waals surface area contributed by atoms with E-state index in [1.807, 2.05) is 31.2 Å². The lowest BCUT2D eigenvalue weighted by Crippen LogP contribution is -2.25. The molecule has 0 aliphatic rings. The Kier molecular flexibility index (Phi) is 6.58. The molecule has 0 bridgehead atoms. The van der Waals surface area contributed by atoms with Crippen LogP contribution < -0.4 is 10.9 Å².